The molecule has 2 aromatic heterocycles. The van der Waals surface area contributed by atoms with Crippen LogP contribution in [0.25, 0.3) is 10.2 Å². The SMILES string of the molecule is C1CCc2c(sc3nc(CN4CCOCC4)nc(NCC4CN5CCN4CC5)c23)C1. The van der Waals surface area contributed by atoms with Crippen molar-refractivity contribution in [2.75, 3.05) is 70.9 Å². The van der Waals surface area contributed by atoms with Crippen LogP contribution in [0, 0.1) is 0 Å². The number of aromatic nitrogens is 2. The molecule has 8 heteroatoms. The normalized spacial score (nSPS) is 29.3. The fraction of sp³-hybridized carbons (Fsp3) is 0.727. The molecule has 7 rings (SSSR count). The van der Waals surface area contributed by atoms with Crippen LogP contribution in [0.3, 0.4) is 0 Å². The minimum atomic E-state index is 0.592. The van der Waals surface area contributed by atoms with Gasteiger partial charge in [-0.15, -0.1) is 11.3 Å². The summed E-state index contributed by atoms with van der Waals surface area (Å²) in [5.74, 6) is 2.04. The van der Waals surface area contributed by atoms with Gasteiger partial charge in [-0.3, -0.25) is 14.7 Å². The van der Waals surface area contributed by atoms with E-state index in [4.69, 9.17) is 14.7 Å². The van der Waals surface area contributed by atoms with Gasteiger partial charge in [0, 0.05) is 63.3 Å². The Hall–Kier alpha value is -1.32. The van der Waals surface area contributed by atoms with Crippen molar-refractivity contribution in [3.8, 4) is 0 Å². The maximum Gasteiger partial charge on any atom is 0.146 e. The molecule has 5 aliphatic rings. The quantitative estimate of drug-likeness (QED) is 0.780. The van der Waals surface area contributed by atoms with Crippen molar-refractivity contribution in [3.05, 3.63) is 16.3 Å². The van der Waals surface area contributed by atoms with Gasteiger partial charge in [-0.25, -0.2) is 9.97 Å². The van der Waals surface area contributed by atoms with Crippen LogP contribution in [-0.2, 0) is 24.1 Å². The Morgan fingerprint density at radius 2 is 1.83 bits per heavy atom. The molecule has 1 atom stereocenters. The van der Waals surface area contributed by atoms with Crippen LogP contribution in [0.4, 0.5) is 5.82 Å². The number of aryl methyl sites for hydroxylation is 2. The average Bonchev–Trinajstić information content (AvgIpc) is 3.17. The summed E-state index contributed by atoms with van der Waals surface area (Å²) in [6, 6.07) is 0.592. The van der Waals surface area contributed by atoms with Crippen LogP contribution in [0.5, 0.6) is 0 Å². The van der Waals surface area contributed by atoms with E-state index in [0.717, 1.165) is 51.0 Å². The third-order valence-corrected chi connectivity index (χ3v) is 8.41. The second-order valence-electron chi connectivity index (χ2n) is 9.14. The first kappa shape index (κ1) is 19.4. The maximum atomic E-state index is 5.52. The number of morpholine rings is 1. The topological polar surface area (TPSA) is 56.8 Å². The summed E-state index contributed by atoms with van der Waals surface area (Å²) in [5.41, 5.74) is 1.52. The van der Waals surface area contributed by atoms with Crippen molar-refractivity contribution in [3.63, 3.8) is 0 Å². The van der Waals surface area contributed by atoms with Crippen molar-refractivity contribution in [1.82, 2.24) is 24.7 Å². The Balaban J connectivity index is 1.29. The first-order valence-electron chi connectivity index (χ1n) is 11.6. The second kappa shape index (κ2) is 8.31. The zero-order valence-corrected chi connectivity index (χ0v) is 18.6. The van der Waals surface area contributed by atoms with Gasteiger partial charge in [0.25, 0.3) is 0 Å². The highest BCUT2D eigenvalue weighted by Gasteiger charge is 2.32. The summed E-state index contributed by atoms with van der Waals surface area (Å²) in [6.07, 6.45) is 4.99. The van der Waals surface area contributed by atoms with Crippen LogP contribution >= 0.6 is 11.3 Å². The molecule has 0 saturated carbocycles. The van der Waals surface area contributed by atoms with Gasteiger partial charge < -0.3 is 10.1 Å². The van der Waals surface area contributed by atoms with E-state index in [-0.39, 0.29) is 0 Å². The van der Waals surface area contributed by atoms with Crippen LogP contribution in [0.2, 0.25) is 0 Å². The van der Waals surface area contributed by atoms with Crippen molar-refractivity contribution < 1.29 is 4.74 Å². The van der Waals surface area contributed by atoms with E-state index in [9.17, 15) is 0 Å². The smallest absolute Gasteiger partial charge is 0.146 e. The maximum absolute atomic E-state index is 5.52. The minimum Gasteiger partial charge on any atom is -0.379 e. The Labute approximate surface area is 182 Å². The standard InChI is InChI=1S/C22H32N6OS/c1-2-4-18-17(3-1)20-21(23-13-16-14-26-5-7-28(16)8-6-26)24-19(25-22(20)30-18)15-27-9-11-29-12-10-27/h16H,1-15H2,(H,23,24,25). The van der Waals surface area contributed by atoms with Gasteiger partial charge in [0.05, 0.1) is 25.1 Å². The molecule has 7 nitrogen and oxygen atoms in total. The highest BCUT2D eigenvalue weighted by Crippen LogP contribution is 2.38. The van der Waals surface area contributed by atoms with E-state index in [1.54, 1.807) is 4.88 Å². The number of thiophene rings is 1. The molecule has 162 valence electrons. The molecule has 0 amide bonds. The molecule has 30 heavy (non-hydrogen) atoms. The molecule has 0 aromatic carbocycles. The van der Waals surface area contributed by atoms with Crippen LogP contribution in [-0.4, -0.2) is 96.3 Å². The number of fused-ring (bicyclic) bond motifs is 6. The number of nitrogens with one attached hydrogen (secondary N) is 1. The molecule has 1 N–H and O–H groups in total. The monoisotopic (exact) mass is 428 g/mol. The lowest BCUT2D eigenvalue weighted by molar-refractivity contribution is 0.0189. The van der Waals surface area contributed by atoms with Gasteiger partial charge in [0.15, 0.2) is 0 Å². The average molecular weight is 429 g/mol. The number of anilines is 1. The van der Waals surface area contributed by atoms with Gasteiger partial charge in [-0.1, -0.05) is 0 Å². The molecule has 2 aromatic rings. The number of nitrogens with zero attached hydrogens (tertiary/aromatic N) is 5. The van der Waals surface area contributed by atoms with E-state index in [1.807, 2.05) is 11.3 Å². The van der Waals surface area contributed by atoms with Crippen molar-refractivity contribution in [1.29, 1.82) is 0 Å². The van der Waals surface area contributed by atoms with Crippen molar-refractivity contribution >= 4 is 27.4 Å². The highest BCUT2D eigenvalue weighted by molar-refractivity contribution is 7.19. The van der Waals surface area contributed by atoms with Crippen molar-refractivity contribution in [2.45, 2.75) is 38.3 Å². The van der Waals surface area contributed by atoms with E-state index in [1.165, 1.54) is 74.2 Å². The zero-order valence-electron chi connectivity index (χ0n) is 17.7. The summed E-state index contributed by atoms with van der Waals surface area (Å²) in [5, 5.41) is 5.12. The molecule has 1 aliphatic carbocycles. The zero-order chi connectivity index (χ0) is 19.9. The number of hydrogen-bond acceptors (Lipinski definition) is 8. The summed E-state index contributed by atoms with van der Waals surface area (Å²) in [6.45, 7) is 11.4. The Bertz CT molecular complexity index is 903. The first-order chi connectivity index (χ1) is 14.8. The Morgan fingerprint density at radius 1 is 1.00 bits per heavy atom. The molecule has 4 fully saturated rings. The van der Waals surface area contributed by atoms with Gasteiger partial charge in [0.1, 0.15) is 16.5 Å². The first-order valence-corrected chi connectivity index (χ1v) is 12.5. The predicted molar refractivity (Wildman–Crippen MR) is 120 cm³/mol. The number of hydrogen-bond donors (Lipinski definition) is 1. The van der Waals surface area contributed by atoms with E-state index in [2.05, 4.69) is 20.0 Å². The van der Waals surface area contributed by atoms with E-state index in [0.29, 0.717) is 6.04 Å². The van der Waals surface area contributed by atoms with Crippen LogP contribution < -0.4 is 5.32 Å². The largest absolute Gasteiger partial charge is 0.379 e. The third-order valence-electron chi connectivity index (χ3n) is 7.23. The van der Waals surface area contributed by atoms with E-state index < -0.39 is 0 Å². The summed E-state index contributed by atoms with van der Waals surface area (Å²) in [4.78, 5) is 20.5. The molecule has 4 aliphatic heterocycles. The summed E-state index contributed by atoms with van der Waals surface area (Å²) < 4.78 is 5.52. The fourth-order valence-corrected chi connectivity index (χ4v) is 6.77. The summed E-state index contributed by atoms with van der Waals surface area (Å²) >= 11 is 1.91. The van der Waals surface area contributed by atoms with Crippen LogP contribution in [0.1, 0.15) is 29.1 Å². The number of ether oxygens (including phenoxy) is 1. The molecular weight excluding hydrogens is 396 g/mol. The molecule has 0 spiro atoms. The second-order valence-corrected chi connectivity index (χ2v) is 10.2. The fourth-order valence-electron chi connectivity index (χ4n) is 5.49. The predicted octanol–water partition coefficient (Wildman–Crippen LogP) is 1.81. The summed E-state index contributed by atoms with van der Waals surface area (Å²) in [7, 11) is 0. The van der Waals surface area contributed by atoms with Gasteiger partial charge in [0.2, 0.25) is 0 Å². The number of rotatable bonds is 5. The molecular formula is C22H32N6OS. The lowest BCUT2D eigenvalue weighted by Crippen LogP contribution is -2.62. The molecule has 0 radical (unpaired) electrons. The number of piperazine rings is 3. The van der Waals surface area contributed by atoms with E-state index >= 15 is 0 Å². The van der Waals surface area contributed by atoms with Gasteiger partial charge in [-0.2, -0.15) is 0 Å². The molecule has 2 bridgehead atoms. The molecule has 6 heterocycles. The van der Waals surface area contributed by atoms with Gasteiger partial charge >= 0.3 is 0 Å². The molecule has 1 unspecified atom stereocenters. The van der Waals surface area contributed by atoms with Gasteiger partial charge in [-0.05, 0) is 31.2 Å². The van der Waals surface area contributed by atoms with Crippen molar-refractivity contribution in [2.24, 2.45) is 0 Å². The molecule has 4 saturated heterocycles. The minimum absolute atomic E-state index is 0.592. The Morgan fingerprint density at radius 3 is 2.63 bits per heavy atom. The lowest BCUT2D eigenvalue weighted by atomic mass is 9.97. The highest BCUT2D eigenvalue weighted by atomic mass is 32.1. The van der Waals surface area contributed by atoms with Crippen LogP contribution in [0.15, 0.2) is 0 Å². The third kappa shape index (κ3) is 3.73. The Kier molecular flexibility index (Phi) is 5.37. The lowest BCUT2D eigenvalue weighted by Gasteiger charge is -2.47.